The summed E-state index contributed by atoms with van der Waals surface area (Å²) in [6.07, 6.45) is 8.01. The van der Waals surface area contributed by atoms with E-state index < -0.39 is 0 Å². The van der Waals surface area contributed by atoms with Crippen LogP contribution in [0.3, 0.4) is 0 Å². The number of para-hydroxylation sites is 1. The summed E-state index contributed by atoms with van der Waals surface area (Å²) in [7, 11) is 2.18. The van der Waals surface area contributed by atoms with Crippen LogP contribution in [0.5, 0.6) is 5.75 Å². The van der Waals surface area contributed by atoms with E-state index in [0.29, 0.717) is 24.2 Å². The molecule has 3 heterocycles. The Labute approximate surface area is 221 Å². The first-order chi connectivity index (χ1) is 18.0. The lowest BCUT2D eigenvalue weighted by molar-refractivity contribution is 0.0935. The third kappa shape index (κ3) is 6.19. The van der Waals surface area contributed by atoms with Crippen molar-refractivity contribution in [2.45, 2.75) is 70.7 Å². The van der Waals surface area contributed by atoms with Gasteiger partial charge in [-0.05, 0) is 89.4 Å². The van der Waals surface area contributed by atoms with Crippen LogP contribution in [0.15, 0.2) is 54.7 Å². The number of nitrogens with zero attached hydrogens (tertiary/aromatic N) is 3. The van der Waals surface area contributed by atoms with E-state index in [1.54, 1.807) is 0 Å². The number of aromatic nitrogens is 1. The lowest BCUT2D eigenvalue weighted by Gasteiger charge is -2.32. The van der Waals surface area contributed by atoms with Gasteiger partial charge in [-0.1, -0.05) is 24.3 Å². The summed E-state index contributed by atoms with van der Waals surface area (Å²) in [5.41, 5.74) is 3.40. The van der Waals surface area contributed by atoms with Gasteiger partial charge in [-0.25, -0.2) is 0 Å². The number of likely N-dealkylation sites (tertiary alicyclic amines) is 2. The van der Waals surface area contributed by atoms with Gasteiger partial charge in [0.25, 0.3) is 5.91 Å². The van der Waals surface area contributed by atoms with Crippen molar-refractivity contribution in [2.75, 3.05) is 33.2 Å². The zero-order chi connectivity index (χ0) is 25.8. The number of ether oxygens (including phenoxy) is 1. The molecule has 1 amide bonds. The summed E-state index contributed by atoms with van der Waals surface area (Å²) in [6.45, 7) is 9.37. The first-order valence-electron chi connectivity index (χ1n) is 14.0. The summed E-state index contributed by atoms with van der Waals surface area (Å²) < 4.78 is 8.72. The summed E-state index contributed by atoms with van der Waals surface area (Å²) >= 11 is 0. The Hall–Kier alpha value is -2.83. The predicted octanol–water partition coefficient (Wildman–Crippen LogP) is 5.48. The predicted molar refractivity (Wildman–Crippen MR) is 150 cm³/mol. The third-order valence-electron chi connectivity index (χ3n) is 8.14. The first-order valence-corrected chi connectivity index (χ1v) is 14.0. The van der Waals surface area contributed by atoms with Crippen molar-refractivity contribution in [1.82, 2.24) is 19.7 Å². The first kappa shape index (κ1) is 25.8. The van der Waals surface area contributed by atoms with Crippen molar-refractivity contribution >= 4 is 16.8 Å². The van der Waals surface area contributed by atoms with E-state index in [4.69, 9.17) is 4.74 Å². The molecular weight excluding hydrogens is 460 g/mol. The van der Waals surface area contributed by atoms with Gasteiger partial charge in [-0.15, -0.1) is 0 Å². The lowest BCUT2D eigenvalue weighted by atomic mass is 10.1. The Bertz CT molecular complexity index is 1190. The Morgan fingerprint density at radius 2 is 1.86 bits per heavy atom. The van der Waals surface area contributed by atoms with Gasteiger partial charge in [0.15, 0.2) is 0 Å². The molecule has 0 saturated carbocycles. The molecule has 6 heteroatoms. The zero-order valence-electron chi connectivity index (χ0n) is 22.7. The summed E-state index contributed by atoms with van der Waals surface area (Å²) in [6, 6.07) is 17.4. The van der Waals surface area contributed by atoms with Crippen molar-refractivity contribution in [3.05, 3.63) is 65.9 Å². The van der Waals surface area contributed by atoms with Crippen molar-refractivity contribution < 1.29 is 9.53 Å². The number of hydrogen-bond donors (Lipinski definition) is 1. The average Bonchev–Trinajstić information content (AvgIpc) is 3.49. The molecule has 2 saturated heterocycles. The van der Waals surface area contributed by atoms with Gasteiger partial charge in [-0.3, -0.25) is 9.69 Å². The molecule has 0 radical (unpaired) electrons. The maximum Gasteiger partial charge on any atom is 0.251 e. The van der Waals surface area contributed by atoms with Gasteiger partial charge < -0.3 is 19.5 Å². The van der Waals surface area contributed by atoms with E-state index in [-0.39, 0.29) is 12.0 Å². The minimum Gasteiger partial charge on any atom is -0.490 e. The molecule has 198 valence electrons. The molecule has 2 fully saturated rings. The molecule has 37 heavy (non-hydrogen) atoms. The van der Waals surface area contributed by atoms with E-state index in [9.17, 15) is 4.79 Å². The fraction of sp³-hybridized carbons (Fsp3) is 0.516. The molecule has 0 aliphatic carbocycles. The van der Waals surface area contributed by atoms with Crippen molar-refractivity contribution in [2.24, 2.45) is 0 Å². The molecule has 3 aromatic rings. The Kier molecular flexibility index (Phi) is 8.16. The van der Waals surface area contributed by atoms with Gasteiger partial charge in [0.05, 0.1) is 0 Å². The van der Waals surface area contributed by atoms with Crippen LogP contribution in [-0.4, -0.2) is 65.6 Å². The highest BCUT2D eigenvalue weighted by Crippen LogP contribution is 2.27. The smallest absolute Gasteiger partial charge is 0.251 e. The molecule has 6 nitrogen and oxygen atoms in total. The maximum atomic E-state index is 12.7. The highest BCUT2D eigenvalue weighted by atomic mass is 16.5. The molecule has 5 rings (SSSR count). The van der Waals surface area contributed by atoms with Crippen molar-refractivity contribution in [3.8, 4) is 5.75 Å². The minimum absolute atomic E-state index is 0.0125. The Morgan fingerprint density at radius 1 is 1.05 bits per heavy atom. The molecule has 1 aromatic heterocycles. The normalized spacial score (nSPS) is 19.6. The van der Waals surface area contributed by atoms with Crippen LogP contribution >= 0.6 is 0 Å². The molecule has 2 aromatic carbocycles. The number of carbonyl (C=O) groups excluding carboxylic acids is 1. The maximum absolute atomic E-state index is 12.7. The topological polar surface area (TPSA) is 49.7 Å². The lowest BCUT2D eigenvalue weighted by Crippen LogP contribution is -2.37. The van der Waals surface area contributed by atoms with E-state index in [2.05, 4.69) is 71.0 Å². The van der Waals surface area contributed by atoms with Crippen LogP contribution in [-0.2, 0) is 6.54 Å². The van der Waals surface area contributed by atoms with Crippen LogP contribution in [0.4, 0.5) is 0 Å². The fourth-order valence-corrected chi connectivity index (χ4v) is 5.96. The zero-order valence-corrected chi connectivity index (χ0v) is 22.7. The van der Waals surface area contributed by atoms with Gasteiger partial charge >= 0.3 is 0 Å². The van der Waals surface area contributed by atoms with Gasteiger partial charge in [-0.2, -0.15) is 0 Å². The van der Waals surface area contributed by atoms with Gasteiger partial charge in [0, 0.05) is 60.9 Å². The summed E-state index contributed by atoms with van der Waals surface area (Å²) in [5, 5.41) is 4.46. The van der Waals surface area contributed by atoms with Crippen molar-refractivity contribution in [3.63, 3.8) is 0 Å². The van der Waals surface area contributed by atoms with E-state index in [0.717, 1.165) is 44.6 Å². The summed E-state index contributed by atoms with van der Waals surface area (Å²) in [5.74, 6) is 0.781. The molecule has 0 bridgehead atoms. The second-order valence-electron chi connectivity index (χ2n) is 11.1. The molecule has 0 spiro atoms. The van der Waals surface area contributed by atoms with E-state index in [1.807, 2.05) is 24.3 Å². The fourth-order valence-electron chi connectivity index (χ4n) is 5.96. The van der Waals surface area contributed by atoms with Crippen LogP contribution in [0.2, 0.25) is 0 Å². The SMILES string of the molecule is CC(C)n1cc(CN2CCC(Oc3cccc(C(=O)NCCC4CCCN4C)c3)CC2)c2ccccc21. The molecule has 1 unspecified atom stereocenters. The average molecular weight is 503 g/mol. The van der Waals surface area contributed by atoms with Crippen LogP contribution in [0, 0.1) is 0 Å². The highest BCUT2D eigenvalue weighted by molar-refractivity contribution is 5.94. The molecule has 2 aliphatic heterocycles. The number of benzene rings is 2. The van der Waals surface area contributed by atoms with Crippen LogP contribution < -0.4 is 10.1 Å². The Morgan fingerprint density at radius 3 is 2.62 bits per heavy atom. The number of nitrogens with one attached hydrogen (secondary N) is 1. The summed E-state index contributed by atoms with van der Waals surface area (Å²) in [4.78, 5) is 17.6. The van der Waals surface area contributed by atoms with E-state index >= 15 is 0 Å². The van der Waals surface area contributed by atoms with Gasteiger partial charge in [0.2, 0.25) is 0 Å². The number of hydrogen-bond acceptors (Lipinski definition) is 4. The second-order valence-corrected chi connectivity index (χ2v) is 11.1. The van der Waals surface area contributed by atoms with Crippen LogP contribution in [0.25, 0.3) is 10.9 Å². The quantitative estimate of drug-likeness (QED) is 0.421. The standard InChI is InChI=1S/C31H42N4O2/c1-23(2)35-22-25(29-11-4-5-12-30(29)35)21-34-18-14-27(15-19-34)37-28-10-6-8-24(20-28)31(36)32-16-13-26-9-7-17-33(26)3/h4-6,8,10-12,20,22-23,26-27H,7,9,13-19,21H2,1-3H3,(H,32,36). The third-order valence-corrected chi connectivity index (χ3v) is 8.14. The Balaban J connectivity index is 1.11. The number of amides is 1. The van der Waals surface area contributed by atoms with E-state index in [1.165, 1.54) is 35.9 Å². The molecule has 1 N–H and O–H groups in total. The van der Waals surface area contributed by atoms with Crippen LogP contribution in [0.1, 0.15) is 67.9 Å². The molecular formula is C31H42N4O2. The second kappa shape index (κ2) is 11.7. The van der Waals surface area contributed by atoms with Gasteiger partial charge in [0.1, 0.15) is 11.9 Å². The molecule has 2 aliphatic rings. The minimum atomic E-state index is -0.0125. The number of carbonyl (C=O) groups is 1. The number of rotatable bonds is 9. The monoisotopic (exact) mass is 502 g/mol. The highest BCUT2D eigenvalue weighted by Gasteiger charge is 2.23. The largest absolute Gasteiger partial charge is 0.490 e. The number of piperidine rings is 1. The number of fused-ring (bicyclic) bond motifs is 1. The van der Waals surface area contributed by atoms with Crippen molar-refractivity contribution in [1.29, 1.82) is 0 Å². The molecule has 1 atom stereocenters.